The van der Waals surface area contributed by atoms with Gasteiger partial charge in [0.25, 0.3) is 0 Å². The quantitative estimate of drug-likeness (QED) is 0.839. The van der Waals surface area contributed by atoms with E-state index in [1.807, 2.05) is 38.1 Å². The first kappa shape index (κ1) is 13.4. The predicted molar refractivity (Wildman–Crippen MR) is 73.9 cm³/mol. The van der Waals surface area contributed by atoms with Gasteiger partial charge in [0.1, 0.15) is 0 Å². The lowest BCUT2D eigenvalue weighted by Crippen LogP contribution is -2.42. The third kappa shape index (κ3) is 2.52. The van der Waals surface area contributed by atoms with Gasteiger partial charge in [-0.1, -0.05) is 12.1 Å². The van der Waals surface area contributed by atoms with Gasteiger partial charge >= 0.3 is 10.2 Å². The highest BCUT2D eigenvalue weighted by Crippen LogP contribution is 2.23. The van der Waals surface area contributed by atoms with E-state index >= 15 is 0 Å². The van der Waals surface area contributed by atoms with Crippen molar-refractivity contribution in [2.75, 3.05) is 23.9 Å². The zero-order valence-corrected chi connectivity index (χ0v) is 11.8. The van der Waals surface area contributed by atoms with Gasteiger partial charge in [-0.25, -0.2) is 0 Å². The average molecular weight is 268 g/mol. The standard InChI is InChI=1S/C13H20N2O2S/c1-3-15(13-8-6-7-12(2)11-13)18(16,17)14-9-4-5-10-14/h6-8,11H,3-5,9-10H2,1-2H3. The summed E-state index contributed by atoms with van der Waals surface area (Å²) < 4.78 is 28.1. The molecule has 1 heterocycles. The van der Waals surface area contributed by atoms with Gasteiger partial charge in [0.15, 0.2) is 0 Å². The largest absolute Gasteiger partial charge is 0.304 e. The van der Waals surface area contributed by atoms with Crippen molar-refractivity contribution in [3.05, 3.63) is 29.8 Å². The molecule has 5 heteroatoms. The molecule has 0 atom stereocenters. The van der Waals surface area contributed by atoms with Crippen LogP contribution in [0.5, 0.6) is 0 Å². The highest BCUT2D eigenvalue weighted by atomic mass is 32.2. The zero-order valence-electron chi connectivity index (χ0n) is 11.0. The van der Waals surface area contributed by atoms with Crippen molar-refractivity contribution >= 4 is 15.9 Å². The van der Waals surface area contributed by atoms with E-state index in [1.165, 1.54) is 4.31 Å². The third-order valence-corrected chi connectivity index (χ3v) is 5.29. The predicted octanol–water partition coefficient (Wildman–Crippen LogP) is 2.16. The zero-order chi connectivity index (χ0) is 13.2. The maximum atomic E-state index is 12.5. The van der Waals surface area contributed by atoms with Gasteiger partial charge in [0.05, 0.1) is 5.69 Å². The molecule has 0 N–H and O–H groups in total. The first-order chi connectivity index (χ1) is 8.55. The number of rotatable bonds is 4. The summed E-state index contributed by atoms with van der Waals surface area (Å²) in [5, 5.41) is 0. The Balaban J connectivity index is 2.33. The number of anilines is 1. The average Bonchev–Trinajstić information content (AvgIpc) is 2.83. The van der Waals surface area contributed by atoms with E-state index < -0.39 is 10.2 Å². The van der Waals surface area contributed by atoms with Crippen LogP contribution in [-0.4, -0.2) is 32.4 Å². The van der Waals surface area contributed by atoms with E-state index in [2.05, 4.69) is 0 Å². The Bertz CT molecular complexity index is 507. The summed E-state index contributed by atoms with van der Waals surface area (Å²) in [6, 6.07) is 7.63. The molecule has 0 saturated carbocycles. The molecule has 1 aliphatic rings. The minimum atomic E-state index is -3.35. The van der Waals surface area contributed by atoms with E-state index in [9.17, 15) is 8.42 Å². The van der Waals surface area contributed by atoms with Crippen LogP contribution in [0.3, 0.4) is 0 Å². The van der Waals surface area contributed by atoms with Gasteiger partial charge in [-0.3, -0.25) is 4.31 Å². The second-order valence-corrected chi connectivity index (χ2v) is 6.47. The van der Waals surface area contributed by atoms with Gasteiger partial charge < -0.3 is 0 Å². The van der Waals surface area contributed by atoms with Crippen LogP contribution in [0.15, 0.2) is 24.3 Å². The highest BCUT2D eigenvalue weighted by molar-refractivity contribution is 7.90. The van der Waals surface area contributed by atoms with E-state index in [0.717, 1.165) is 24.1 Å². The fraction of sp³-hybridized carbons (Fsp3) is 0.538. The molecule has 4 nitrogen and oxygen atoms in total. The lowest BCUT2D eigenvalue weighted by molar-refractivity contribution is 0.474. The second-order valence-electron chi connectivity index (χ2n) is 4.62. The molecule has 1 saturated heterocycles. The molecule has 1 aliphatic heterocycles. The maximum absolute atomic E-state index is 12.5. The molecule has 18 heavy (non-hydrogen) atoms. The number of nitrogens with zero attached hydrogens (tertiary/aromatic N) is 2. The summed E-state index contributed by atoms with van der Waals surface area (Å²) >= 11 is 0. The van der Waals surface area contributed by atoms with Crippen LogP contribution >= 0.6 is 0 Å². The Hall–Kier alpha value is -1.07. The molecule has 1 aromatic carbocycles. The summed E-state index contributed by atoms with van der Waals surface area (Å²) in [5.74, 6) is 0. The van der Waals surface area contributed by atoms with Gasteiger partial charge in [0, 0.05) is 19.6 Å². The van der Waals surface area contributed by atoms with Gasteiger partial charge in [0.2, 0.25) is 0 Å². The fourth-order valence-electron chi connectivity index (χ4n) is 2.32. The van der Waals surface area contributed by atoms with E-state index in [-0.39, 0.29) is 0 Å². The third-order valence-electron chi connectivity index (χ3n) is 3.25. The SMILES string of the molecule is CCN(c1cccc(C)c1)S(=O)(=O)N1CCCC1. The molecule has 1 fully saturated rings. The summed E-state index contributed by atoms with van der Waals surface area (Å²) in [6.45, 7) is 5.59. The first-order valence-corrected chi connectivity index (χ1v) is 7.80. The summed E-state index contributed by atoms with van der Waals surface area (Å²) in [7, 11) is -3.35. The van der Waals surface area contributed by atoms with E-state index in [0.29, 0.717) is 19.6 Å². The van der Waals surface area contributed by atoms with Gasteiger partial charge in [-0.05, 0) is 44.4 Å². The Morgan fingerprint density at radius 1 is 1.28 bits per heavy atom. The van der Waals surface area contributed by atoms with Crippen LogP contribution in [0.25, 0.3) is 0 Å². The monoisotopic (exact) mass is 268 g/mol. The lowest BCUT2D eigenvalue weighted by Gasteiger charge is -2.28. The highest BCUT2D eigenvalue weighted by Gasteiger charge is 2.30. The van der Waals surface area contributed by atoms with Crippen LogP contribution in [0, 0.1) is 6.92 Å². The summed E-state index contributed by atoms with van der Waals surface area (Å²) in [4.78, 5) is 0. The maximum Gasteiger partial charge on any atom is 0.304 e. The number of hydrogen-bond donors (Lipinski definition) is 0. The minimum absolute atomic E-state index is 0.461. The van der Waals surface area contributed by atoms with Crippen LogP contribution < -0.4 is 4.31 Å². The first-order valence-electron chi connectivity index (χ1n) is 6.40. The van der Waals surface area contributed by atoms with Gasteiger partial charge in [-0.2, -0.15) is 12.7 Å². The molecule has 0 amide bonds. The van der Waals surface area contributed by atoms with Gasteiger partial charge in [-0.15, -0.1) is 0 Å². The van der Waals surface area contributed by atoms with Crippen molar-refractivity contribution in [1.29, 1.82) is 0 Å². The number of hydrogen-bond acceptors (Lipinski definition) is 2. The molecule has 0 bridgehead atoms. The Morgan fingerprint density at radius 3 is 2.50 bits per heavy atom. The lowest BCUT2D eigenvalue weighted by atomic mass is 10.2. The molecule has 0 unspecified atom stereocenters. The molecule has 1 aromatic rings. The van der Waals surface area contributed by atoms with Crippen LogP contribution in [0.4, 0.5) is 5.69 Å². The van der Waals surface area contributed by atoms with Crippen molar-refractivity contribution < 1.29 is 8.42 Å². The van der Waals surface area contributed by atoms with Crippen molar-refractivity contribution in [1.82, 2.24) is 4.31 Å². The molecule has 0 aliphatic carbocycles. The number of benzene rings is 1. The van der Waals surface area contributed by atoms with E-state index in [4.69, 9.17) is 0 Å². The normalized spacial score (nSPS) is 17.0. The van der Waals surface area contributed by atoms with Crippen LogP contribution in [-0.2, 0) is 10.2 Å². The summed E-state index contributed by atoms with van der Waals surface area (Å²) in [5.41, 5.74) is 1.83. The molecule has 0 spiro atoms. The Labute approximate surface area is 109 Å². The summed E-state index contributed by atoms with van der Waals surface area (Å²) in [6.07, 6.45) is 1.93. The smallest absolute Gasteiger partial charge is 0.258 e. The van der Waals surface area contributed by atoms with Crippen LogP contribution in [0.1, 0.15) is 25.3 Å². The molecular weight excluding hydrogens is 248 g/mol. The molecule has 2 rings (SSSR count). The van der Waals surface area contributed by atoms with Crippen molar-refractivity contribution in [3.8, 4) is 0 Å². The molecule has 0 aromatic heterocycles. The van der Waals surface area contributed by atoms with E-state index in [1.54, 1.807) is 4.31 Å². The van der Waals surface area contributed by atoms with Crippen molar-refractivity contribution in [2.24, 2.45) is 0 Å². The van der Waals surface area contributed by atoms with Crippen molar-refractivity contribution in [3.63, 3.8) is 0 Å². The molecule has 100 valence electrons. The van der Waals surface area contributed by atoms with Crippen LogP contribution in [0.2, 0.25) is 0 Å². The minimum Gasteiger partial charge on any atom is -0.258 e. The fourth-order valence-corrected chi connectivity index (χ4v) is 4.02. The number of aryl methyl sites for hydroxylation is 1. The Kier molecular flexibility index (Phi) is 3.92. The van der Waals surface area contributed by atoms with Crippen molar-refractivity contribution in [2.45, 2.75) is 26.7 Å². The topological polar surface area (TPSA) is 40.6 Å². The molecular formula is C13H20N2O2S. The second kappa shape index (κ2) is 5.28. The Morgan fingerprint density at radius 2 is 1.94 bits per heavy atom. The molecule has 0 radical (unpaired) electrons.